The first-order valence-corrected chi connectivity index (χ1v) is 8.08. The molecule has 0 heterocycles. The molecule has 0 radical (unpaired) electrons. The molecule has 2 aromatic rings. The van der Waals surface area contributed by atoms with E-state index in [9.17, 15) is 9.90 Å². The van der Waals surface area contributed by atoms with Gasteiger partial charge < -0.3 is 5.11 Å². The van der Waals surface area contributed by atoms with Gasteiger partial charge in [-0.15, -0.1) is 0 Å². The molecule has 1 N–H and O–H groups in total. The molecule has 2 heteroatoms. The highest BCUT2D eigenvalue weighted by Gasteiger charge is 2.21. The summed E-state index contributed by atoms with van der Waals surface area (Å²) in [6.45, 7) is 10.6. The first kappa shape index (κ1) is 17.3. The first-order chi connectivity index (χ1) is 10.7. The monoisotopic (exact) mass is 310 g/mol. The van der Waals surface area contributed by atoms with E-state index in [1.807, 2.05) is 32.0 Å². The number of hydrogen-bond donors (Lipinski definition) is 1. The van der Waals surface area contributed by atoms with Gasteiger partial charge in [0.25, 0.3) is 0 Å². The van der Waals surface area contributed by atoms with Gasteiger partial charge in [-0.1, -0.05) is 63.2 Å². The van der Waals surface area contributed by atoms with Crippen molar-refractivity contribution in [2.75, 3.05) is 0 Å². The van der Waals surface area contributed by atoms with Crippen molar-refractivity contribution in [3.8, 4) is 0 Å². The Morgan fingerprint density at radius 1 is 1.00 bits per heavy atom. The summed E-state index contributed by atoms with van der Waals surface area (Å²) in [5, 5.41) is 9.63. The fourth-order valence-corrected chi connectivity index (χ4v) is 2.71. The highest BCUT2D eigenvalue weighted by Crippen LogP contribution is 2.26. The predicted octanol–water partition coefficient (Wildman–Crippen LogP) is 5.01. The Morgan fingerprint density at radius 2 is 1.61 bits per heavy atom. The zero-order valence-electron chi connectivity index (χ0n) is 14.7. The van der Waals surface area contributed by atoms with E-state index in [4.69, 9.17) is 0 Å². The van der Waals surface area contributed by atoms with E-state index >= 15 is 0 Å². The van der Waals surface area contributed by atoms with E-state index in [0.717, 1.165) is 16.7 Å². The van der Waals surface area contributed by atoms with Gasteiger partial charge in [0.2, 0.25) is 0 Å². The SMILES string of the molecule is Cc1ccc(C(Cc2ccc(C(C)(C)C)cc2)C(=O)O)cc1C. The minimum Gasteiger partial charge on any atom is -0.481 e. The Morgan fingerprint density at radius 3 is 2.09 bits per heavy atom. The van der Waals surface area contributed by atoms with Crippen LogP contribution < -0.4 is 0 Å². The van der Waals surface area contributed by atoms with Crippen LogP contribution in [0.4, 0.5) is 0 Å². The number of benzene rings is 2. The maximum absolute atomic E-state index is 11.7. The number of aliphatic carboxylic acids is 1. The summed E-state index contributed by atoms with van der Waals surface area (Å²) < 4.78 is 0. The molecule has 1 atom stereocenters. The summed E-state index contributed by atoms with van der Waals surface area (Å²) in [4.78, 5) is 11.7. The highest BCUT2D eigenvalue weighted by atomic mass is 16.4. The lowest BCUT2D eigenvalue weighted by Crippen LogP contribution is -2.15. The van der Waals surface area contributed by atoms with Crippen molar-refractivity contribution in [3.05, 3.63) is 70.3 Å². The number of rotatable bonds is 4. The molecule has 1 unspecified atom stereocenters. The molecular formula is C21H26O2. The van der Waals surface area contributed by atoms with Crippen LogP contribution in [0.1, 0.15) is 54.5 Å². The third kappa shape index (κ3) is 4.22. The van der Waals surface area contributed by atoms with Crippen LogP contribution in [0.15, 0.2) is 42.5 Å². The van der Waals surface area contributed by atoms with Gasteiger partial charge in [-0.2, -0.15) is 0 Å². The van der Waals surface area contributed by atoms with E-state index in [1.54, 1.807) is 0 Å². The molecule has 0 amide bonds. The van der Waals surface area contributed by atoms with Crippen LogP contribution in [0, 0.1) is 13.8 Å². The molecule has 0 aromatic heterocycles. The normalized spacial score (nSPS) is 12.9. The Labute approximate surface area is 139 Å². The fraction of sp³-hybridized carbons (Fsp3) is 0.381. The Kier molecular flexibility index (Phi) is 4.93. The molecule has 2 aromatic carbocycles. The molecule has 0 spiro atoms. The third-order valence-electron chi connectivity index (χ3n) is 4.49. The molecular weight excluding hydrogens is 284 g/mol. The lowest BCUT2D eigenvalue weighted by Gasteiger charge is -2.20. The van der Waals surface area contributed by atoms with E-state index in [2.05, 4.69) is 45.0 Å². The second-order valence-electron chi connectivity index (χ2n) is 7.39. The molecule has 0 fully saturated rings. The minimum absolute atomic E-state index is 0.110. The summed E-state index contributed by atoms with van der Waals surface area (Å²) in [5.74, 6) is -1.28. The van der Waals surface area contributed by atoms with Crippen molar-refractivity contribution in [2.24, 2.45) is 0 Å². The molecule has 2 nitrogen and oxygen atoms in total. The van der Waals surface area contributed by atoms with Gasteiger partial charge in [-0.3, -0.25) is 4.79 Å². The Balaban J connectivity index is 2.26. The number of carboxylic acids is 1. The summed E-state index contributed by atoms with van der Waals surface area (Å²) >= 11 is 0. The van der Waals surface area contributed by atoms with E-state index in [-0.39, 0.29) is 5.41 Å². The number of carbonyl (C=O) groups is 1. The number of hydrogen-bond acceptors (Lipinski definition) is 1. The second-order valence-corrected chi connectivity index (χ2v) is 7.39. The van der Waals surface area contributed by atoms with Crippen LogP contribution in [0.25, 0.3) is 0 Å². The summed E-state index contributed by atoms with van der Waals surface area (Å²) in [5.41, 5.74) is 5.63. The largest absolute Gasteiger partial charge is 0.481 e. The van der Waals surface area contributed by atoms with Crippen LogP contribution in [0.2, 0.25) is 0 Å². The van der Waals surface area contributed by atoms with Gasteiger partial charge in [0.1, 0.15) is 0 Å². The van der Waals surface area contributed by atoms with Crippen molar-refractivity contribution in [1.82, 2.24) is 0 Å². The molecule has 0 saturated carbocycles. The van der Waals surface area contributed by atoms with Gasteiger partial charge in [0, 0.05) is 0 Å². The van der Waals surface area contributed by atoms with Crippen molar-refractivity contribution in [3.63, 3.8) is 0 Å². The van der Waals surface area contributed by atoms with Gasteiger partial charge in [0.15, 0.2) is 0 Å². The van der Waals surface area contributed by atoms with E-state index in [1.165, 1.54) is 11.1 Å². The lowest BCUT2D eigenvalue weighted by atomic mass is 9.85. The van der Waals surface area contributed by atoms with Crippen LogP contribution in [-0.4, -0.2) is 11.1 Å². The molecule has 0 aliphatic rings. The van der Waals surface area contributed by atoms with Crippen molar-refractivity contribution >= 4 is 5.97 Å². The molecule has 0 bridgehead atoms. The van der Waals surface area contributed by atoms with Crippen LogP contribution in [0.3, 0.4) is 0 Å². The quantitative estimate of drug-likeness (QED) is 0.861. The Bertz CT molecular complexity index is 691. The summed E-state index contributed by atoms with van der Waals surface area (Å²) in [6.07, 6.45) is 0.516. The van der Waals surface area contributed by atoms with Gasteiger partial charge in [-0.05, 0) is 53.5 Å². The smallest absolute Gasteiger partial charge is 0.311 e. The standard InChI is InChI=1S/C21H26O2/c1-14-6-9-17(12-15(14)2)19(20(22)23)13-16-7-10-18(11-8-16)21(3,4)5/h6-12,19H,13H2,1-5H3,(H,22,23). The highest BCUT2D eigenvalue weighted by molar-refractivity contribution is 5.76. The van der Waals surface area contributed by atoms with Crippen LogP contribution in [0.5, 0.6) is 0 Å². The summed E-state index contributed by atoms with van der Waals surface area (Å²) in [6, 6.07) is 14.3. The zero-order chi connectivity index (χ0) is 17.2. The lowest BCUT2D eigenvalue weighted by molar-refractivity contribution is -0.138. The van der Waals surface area contributed by atoms with Crippen molar-refractivity contribution in [2.45, 2.75) is 52.4 Å². The van der Waals surface area contributed by atoms with E-state index < -0.39 is 11.9 Å². The van der Waals surface area contributed by atoms with Crippen molar-refractivity contribution in [1.29, 1.82) is 0 Å². The maximum Gasteiger partial charge on any atom is 0.311 e. The molecule has 0 aliphatic carbocycles. The Hall–Kier alpha value is -2.09. The first-order valence-electron chi connectivity index (χ1n) is 8.08. The van der Waals surface area contributed by atoms with E-state index in [0.29, 0.717) is 6.42 Å². The average Bonchev–Trinajstić information content (AvgIpc) is 2.47. The molecule has 0 aliphatic heterocycles. The topological polar surface area (TPSA) is 37.3 Å². The molecule has 23 heavy (non-hydrogen) atoms. The van der Waals surface area contributed by atoms with Crippen LogP contribution in [-0.2, 0) is 16.6 Å². The predicted molar refractivity (Wildman–Crippen MR) is 95.1 cm³/mol. The van der Waals surface area contributed by atoms with Crippen molar-refractivity contribution < 1.29 is 9.90 Å². The average molecular weight is 310 g/mol. The van der Waals surface area contributed by atoms with Gasteiger partial charge in [0.05, 0.1) is 5.92 Å². The van der Waals surface area contributed by atoms with Crippen LogP contribution >= 0.6 is 0 Å². The second kappa shape index (κ2) is 6.57. The molecule has 2 rings (SSSR count). The minimum atomic E-state index is -0.770. The fourth-order valence-electron chi connectivity index (χ4n) is 2.71. The molecule has 0 saturated heterocycles. The third-order valence-corrected chi connectivity index (χ3v) is 4.49. The number of aryl methyl sites for hydroxylation is 2. The molecule has 122 valence electrons. The van der Waals surface area contributed by atoms with Gasteiger partial charge >= 0.3 is 5.97 Å². The van der Waals surface area contributed by atoms with Gasteiger partial charge in [-0.25, -0.2) is 0 Å². The maximum atomic E-state index is 11.7. The summed E-state index contributed by atoms with van der Waals surface area (Å²) in [7, 11) is 0. The zero-order valence-corrected chi connectivity index (χ0v) is 14.7. The number of carboxylic acid groups (broad SMARTS) is 1.